The zero-order valence-corrected chi connectivity index (χ0v) is 15.6. The van der Waals surface area contributed by atoms with Crippen molar-refractivity contribution in [2.24, 2.45) is 5.92 Å². The van der Waals surface area contributed by atoms with Gasteiger partial charge in [0, 0.05) is 25.3 Å². The molecule has 0 fully saturated rings. The first-order chi connectivity index (χ1) is 9.88. The Morgan fingerprint density at radius 3 is 2.29 bits per heavy atom. The topological polar surface area (TPSA) is 29.0 Å². The molecule has 2 aromatic rings. The summed E-state index contributed by atoms with van der Waals surface area (Å²) in [6, 6.07) is 8.19. The summed E-state index contributed by atoms with van der Waals surface area (Å²) in [6.07, 6.45) is 0.906. The molecule has 0 aliphatic heterocycles. The molecule has 1 heterocycles. The third-order valence-corrected chi connectivity index (χ3v) is 4.85. The average molecular weight is 416 g/mol. The summed E-state index contributed by atoms with van der Waals surface area (Å²) in [5.41, 5.74) is 3.17. The molecule has 0 spiro atoms. The number of rotatable bonds is 4. The standard InChI is InChI=1S/C16H19ClIN3/c1-10(2)9-13-14(18)15(17)20-16(19-13)11-5-7-12(8-6-11)21(3)4/h5-8,10H,9H2,1-4H3. The molecule has 5 heteroatoms. The third kappa shape index (κ3) is 4.07. The predicted molar refractivity (Wildman–Crippen MR) is 98.1 cm³/mol. The minimum atomic E-state index is 0.535. The lowest BCUT2D eigenvalue weighted by molar-refractivity contribution is 0.632. The number of aromatic nitrogens is 2. The summed E-state index contributed by atoms with van der Waals surface area (Å²) in [7, 11) is 4.04. The molecule has 0 aliphatic carbocycles. The smallest absolute Gasteiger partial charge is 0.161 e. The molecule has 1 aromatic carbocycles. The fraction of sp³-hybridized carbons (Fsp3) is 0.375. The maximum Gasteiger partial charge on any atom is 0.161 e. The molecule has 0 saturated carbocycles. The van der Waals surface area contributed by atoms with Crippen molar-refractivity contribution in [2.75, 3.05) is 19.0 Å². The van der Waals surface area contributed by atoms with Gasteiger partial charge in [-0.3, -0.25) is 0 Å². The molecule has 3 nitrogen and oxygen atoms in total. The van der Waals surface area contributed by atoms with Gasteiger partial charge < -0.3 is 4.90 Å². The minimum absolute atomic E-state index is 0.535. The van der Waals surface area contributed by atoms with Crippen molar-refractivity contribution >= 4 is 39.9 Å². The maximum absolute atomic E-state index is 6.27. The molecule has 0 bridgehead atoms. The van der Waals surface area contributed by atoms with Crippen LogP contribution in [-0.4, -0.2) is 24.1 Å². The quantitative estimate of drug-likeness (QED) is 0.537. The van der Waals surface area contributed by atoms with E-state index in [2.05, 4.69) is 58.5 Å². The Morgan fingerprint density at radius 1 is 1.14 bits per heavy atom. The van der Waals surface area contributed by atoms with E-state index in [4.69, 9.17) is 16.6 Å². The van der Waals surface area contributed by atoms with Crippen molar-refractivity contribution in [2.45, 2.75) is 20.3 Å². The zero-order chi connectivity index (χ0) is 15.6. The van der Waals surface area contributed by atoms with Gasteiger partial charge in [0.1, 0.15) is 5.15 Å². The molecule has 21 heavy (non-hydrogen) atoms. The lowest BCUT2D eigenvalue weighted by Gasteiger charge is -2.13. The Hall–Kier alpha value is -0.880. The van der Waals surface area contributed by atoms with E-state index in [0.29, 0.717) is 16.9 Å². The van der Waals surface area contributed by atoms with E-state index in [1.165, 1.54) is 0 Å². The lowest BCUT2D eigenvalue weighted by Crippen LogP contribution is -2.08. The summed E-state index contributed by atoms with van der Waals surface area (Å²) in [5, 5.41) is 0.535. The van der Waals surface area contributed by atoms with Crippen molar-refractivity contribution in [3.63, 3.8) is 0 Å². The van der Waals surface area contributed by atoms with Gasteiger partial charge in [-0.15, -0.1) is 0 Å². The van der Waals surface area contributed by atoms with E-state index in [0.717, 1.165) is 26.9 Å². The molecule has 0 N–H and O–H groups in total. The number of anilines is 1. The van der Waals surface area contributed by atoms with Crippen molar-refractivity contribution < 1.29 is 0 Å². The number of halogens is 2. The summed E-state index contributed by atoms with van der Waals surface area (Å²) in [4.78, 5) is 11.2. The molecule has 0 radical (unpaired) electrons. The second-order valence-electron chi connectivity index (χ2n) is 5.64. The van der Waals surface area contributed by atoms with E-state index >= 15 is 0 Å². The molecular weight excluding hydrogens is 397 g/mol. The van der Waals surface area contributed by atoms with Gasteiger partial charge in [-0.2, -0.15) is 0 Å². The Balaban J connectivity index is 2.41. The van der Waals surface area contributed by atoms with Gasteiger partial charge in [-0.25, -0.2) is 9.97 Å². The van der Waals surface area contributed by atoms with Crippen LogP contribution in [0.4, 0.5) is 5.69 Å². The third-order valence-electron chi connectivity index (χ3n) is 3.12. The molecule has 0 unspecified atom stereocenters. The minimum Gasteiger partial charge on any atom is -0.378 e. The highest BCUT2D eigenvalue weighted by Gasteiger charge is 2.13. The second-order valence-corrected chi connectivity index (χ2v) is 7.07. The molecule has 0 atom stereocenters. The van der Waals surface area contributed by atoms with Crippen LogP contribution in [-0.2, 0) is 6.42 Å². The first-order valence-corrected chi connectivity index (χ1v) is 8.34. The van der Waals surface area contributed by atoms with Gasteiger partial charge >= 0.3 is 0 Å². The van der Waals surface area contributed by atoms with E-state index < -0.39 is 0 Å². The van der Waals surface area contributed by atoms with Crippen LogP contribution in [0.25, 0.3) is 11.4 Å². The summed E-state index contributed by atoms with van der Waals surface area (Å²) in [6.45, 7) is 4.36. The second kappa shape index (κ2) is 6.92. The lowest BCUT2D eigenvalue weighted by atomic mass is 10.1. The first-order valence-electron chi connectivity index (χ1n) is 6.88. The van der Waals surface area contributed by atoms with Gasteiger partial charge in [0.05, 0.1) is 9.26 Å². The van der Waals surface area contributed by atoms with Gasteiger partial charge in [0.2, 0.25) is 0 Å². The van der Waals surface area contributed by atoms with Gasteiger partial charge in [0.15, 0.2) is 5.82 Å². The Morgan fingerprint density at radius 2 is 1.76 bits per heavy atom. The summed E-state index contributed by atoms with van der Waals surface area (Å²) in [5.74, 6) is 1.23. The van der Waals surface area contributed by atoms with Gasteiger partial charge in [-0.1, -0.05) is 25.4 Å². The fourth-order valence-corrected chi connectivity index (χ4v) is 2.67. The van der Waals surface area contributed by atoms with Crippen LogP contribution in [0.1, 0.15) is 19.5 Å². The van der Waals surface area contributed by atoms with Gasteiger partial charge in [0.25, 0.3) is 0 Å². The van der Waals surface area contributed by atoms with Crippen molar-refractivity contribution in [1.29, 1.82) is 0 Å². The summed E-state index contributed by atoms with van der Waals surface area (Å²) >= 11 is 8.49. The number of nitrogens with zero attached hydrogens (tertiary/aromatic N) is 3. The Labute approximate surface area is 144 Å². The molecule has 0 saturated heterocycles. The zero-order valence-electron chi connectivity index (χ0n) is 12.7. The number of hydrogen-bond donors (Lipinski definition) is 0. The van der Waals surface area contributed by atoms with Crippen LogP contribution in [0.15, 0.2) is 24.3 Å². The molecule has 112 valence electrons. The predicted octanol–water partition coefficient (Wildman–Crippen LogP) is 4.67. The molecule has 0 aliphatic rings. The van der Waals surface area contributed by atoms with Crippen LogP contribution >= 0.6 is 34.2 Å². The highest BCUT2D eigenvalue weighted by Crippen LogP contribution is 2.26. The van der Waals surface area contributed by atoms with E-state index in [9.17, 15) is 0 Å². The highest BCUT2D eigenvalue weighted by atomic mass is 127. The first kappa shape index (κ1) is 16.5. The monoisotopic (exact) mass is 415 g/mol. The molecule has 2 rings (SSSR count). The largest absolute Gasteiger partial charge is 0.378 e. The SMILES string of the molecule is CC(C)Cc1nc(-c2ccc(N(C)C)cc2)nc(Cl)c1I. The Bertz CT molecular complexity index is 624. The van der Waals surface area contributed by atoms with Crippen LogP contribution in [0.5, 0.6) is 0 Å². The summed E-state index contributed by atoms with van der Waals surface area (Å²) < 4.78 is 0.955. The molecule has 0 amide bonds. The number of hydrogen-bond acceptors (Lipinski definition) is 3. The van der Waals surface area contributed by atoms with Crippen LogP contribution in [0.3, 0.4) is 0 Å². The van der Waals surface area contributed by atoms with E-state index in [-0.39, 0.29) is 0 Å². The Kier molecular flexibility index (Phi) is 5.43. The van der Waals surface area contributed by atoms with Crippen molar-refractivity contribution in [3.05, 3.63) is 38.7 Å². The van der Waals surface area contributed by atoms with Crippen molar-refractivity contribution in [1.82, 2.24) is 9.97 Å². The van der Waals surface area contributed by atoms with Gasteiger partial charge in [-0.05, 0) is 59.2 Å². The van der Waals surface area contributed by atoms with E-state index in [1.807, 2.05) is 26.2 Å². The molecular formula is C16H19ClIN3. The normalized spacial score (nSPS) is 11.0. The maximum atomic E-state index is 6.27. The fourth-order valence-electron chi connectivity index (χ4n) is 2.02. The van der Waals surface area contributed by atoms with Crippen molar-refractivity contribution in [3.8, 4) is 11.4 Å². The average Bonchev–Trinajstić information content (AvgIpc) is 2.43. The van der Waals surface area contributed by atoms with Crippen LogP contribution < -0.4 is 4.90 Å². The number of benzene rings is 1. The van der Waals surface area contributed by atoms with Crippen LogP contribution in [0.2, 0.25) is 5.15 Å². The molecule has 1 aromatic heterocycles. The highest BCUT2D eigenvalue weighted by molar-refractivity contribution is 14.1. The van der Waals surface area contributed by atoms with E-state index in [1.54, 1.807) is 0 Å². The van der Waals surface area contributed by atoms with Crippen LogP contribution in [0, 0.1) is 9.49 Å².